The van der Waals surface area contributed by atoms with E-state index in [0.717, 1.165) is 32.2 Å². The summed E-state index contributed by atoms with van der Waals surface area (Å²) in [5.74, 6) is 0.424. The first-order valence-corrected chi connectivity index (χ1v) is 14.8. The largest absolute Gasteiger partial charge is 0.338 e. The average molecular weight is 579 g/mol. The quantitative estimate of drug-likeness (QED) is 0.421. The molecular weight excluding hydrogens is 549 g/mol. The smallest absolute Gasteiger partial charge is 0.243 e. The number of benzene rings is 2. The van der Waals surface area contributed by atoms with E-state index in [1.807, 2.05) is 0 Å². The van der Waals surface area contributed by atoms with Gasteiger partial charge >= 0.3 is 0 Å². The molecule has 1 N–H and O–H groups in total. The molecular formula is C26H29Cl2N5O4S. The number of likely N-dealkylation sites (tertiary alicyclic amines) is 1. The van der Waals surface area contributed by atoms with Crippen molar-refractivity contribution in [3.8, 4) is 11.4 Å². The summed E-state index contributed by atoms with van der Waals surface area (Å²) in [6.07, 6.45) is 3.31. The van der Waals surface area contributed by atoms with E-state index in [9.17, 15) is 13.2 Å². The maximum atomic E-state index is 13.1. The Morgan fingerprint density at radius 3 is 2.66 bits per heavy atom. The number of amides is 1. The van der Waals surface area contributed by atoms with Crippen LogP contribution in [0.5, 0.6) is 0 Å². The van der Waals surface area contributed by atoms with E-state index in [1.54, 1.807) is 43.3 Å². The zero-order valence-electron chi connectivity index (χ0n) is 21.0. The lowest BCUT2D eigenvalue weighted by Crippen LogP contribution is -2.40. The average Bonchev–Trinajstić information content (AvgIpc) is 3.59. The summed E-state index contributed by atoms with van der Waals surface area (Å²) in [5.41, 5.74) is 1.78. The molecule has 2 aromatic carbocycles. The predicted molar refractivity (Wildman–Crippen MR) is 146 cm³/mol. The van der Waals surface area contributed by atoms with Crippen LogP contribution in [0, 0.1) is 12.8 Å². The number of hydrogen-bond donors (Lipinski definition) is 1. The van der Waals surface area contributed by atoms with Crippen LogP contribution in [0.2, 0.25) is 10.0 Å². The number of hydrogen-bond acceptors (Lipinski definition) is 7. The van der Waals surface area contributed by atoms with E-state index in [1.165, 1.54) is 4.31 Å². The number of nitrogens with one attached hydrogen (secondary N) is 1. The van der Waals surface area contributed by atoms with Gasteiger partial charge in [0, 0.05) is 35.9 Å². The van der Waals surface area contributed by atoms with Crippen LogP contribution in [-0.4, -0.2) is 59.8 Å². The minimum absolute atomic E-state index is 0.137. The van der Waals surface area contributed by atoms with Gasteiger partial charge in [-0.1, -0.05) is 34.4 Å². The van der Waals surface area contributed by atoms with E-state index < -0.39 is 10.0 Å². The number of piperidine rings is 1. The molecule has 3 aromatic rings. The number of halogens is 2. The van der Waals surface area contributed by atoms with Crippen molar-refractivity contribution in [2.75, 3.05) is 31.5 Å². The van der Waals surface area contributed by atoms with E-state index >= 15 is 0 Å². The van der Waals surface area contributed by atoms with Gasteiger partial charge in [-0.15, -0.1) is 0 Å². The molecule has 1 amide bonds. The maximum Gasteiger partial charge on any atom is 0.243 e. The van der Waals surface area contributed by atoms with Crippen LogP contribution in [0.3, 0.4) is 0 Å². The molecule has 38 heavy (non-hydrogen) atoms. The highest BCUT2D eigenvalue weighted by molar-refractivity contribution is 7.89. The normalized spacial score (nSPS) is 19.1. The number of sulfonamides is 1. The zero-order chi connectivity index (χ0) is 26.9. The molecule has 0 radical (unpaired) electrons. The Hall–Kier alpha value is -2.50. The molecule has 2 aliphatic rings. The fourth-order valence-electron chi connectivity index (χ4n) is 4.97. The molecule has 1 atom stereocenters. The number of rotatable bonds is 7. The Morgan fingerprint density at radius 1 is 1.11 bits per heavy atom. The summed E-state index contributed by atoms with van der Waals surface area (Å²) >= 11 is 12.2. The molecule has 1 unspecified atom stereocenters. The number of aromatic nitrogens is 2. The number of anilines is 1. The van der Waals surface area contributed by atoms with Crippen LogP contribution < -0.4 is 5.32 Å². The van der Waals surface area contributed by atoms with Crippen molar-refractivity contribution < 1.29 is 17.7 Å². The first-order chi connectivity index (χ1) is 18.2. The lowest BCUT2D eigenvalue weighted by molar-refractivity contribution is -0.121. The van der Waals surface area contributed by atoms with Gasteiger partial charge in [-0.2, -0.15) is 9.29 Å². The summed E-state index contributed by atoms with van der Waals surface area (Å²) < 4.78 is 33.2. The van der Waals surface area contributed by atoms with Gasteiger partial charge in [0.25, 0.3) is 0 Å². The van der Waals surface area contributed by atoms with Crippen LogP contribution in [-0.2, 0) is 21.4 Å². The number of carbonyl (C=O) groups is 1. The highest BCUT2D eigenvalue weighted by Crippen LogP contribution is 2.30. The SMILES string of the molecule is Cc1ccc(NC(=O)C2CCCN(Cc3nc(-c4ccc(Cl)cc4Cl)no3)C2)cc1S(=O)(=O)N1CCCC1. The standard InChI is InChI=1S/C26H29Cl2N5O4S/c1-17-6-8-20(14-23(17)38(35,36)33-11-2-3-12-33)29-26(34)18-5-4-10-32(15-18)16-24-30-25(31-37-24)21-9-7-19(27)13-22(21)28/h6-9,13-14,18H,2-5,10-12,15-16H2,1H3,(H,29,34). The predicted octanol–water partition coefficient (Wildman–Crippen LogP) is 4.99. The number of aryl methyl sites for hydroxylation is 1. The fraction of sp³-hybridized carbons (Fsp3) is 0.423. The second kappa shape index (κ2) is 11.3. The number of nitrogens with zero attached hydrogens (tertiary/aromatic N) is 4. The second-order valence-electron chi connectivity index (χ2n) is 9.79. The van der Waals surface area contributed by atoms with Crippen LogP contribution >= 0.6 is 23.2 Å². The first kappa shape index (κ1) is 27.1. The van der Waals surface area contributed by atoms with E-state index in [-0.39, 0.29) is 16.7 Å². The topological polar surface area (TPSA) is 109 Å². The lowest BCUT2D eigenvalue weighted by atomic mass is 9.97. The van der Waals surface area contributed by atoms with Gasteiger partial charge < -0.3 is 9.84 Å². The van der Waals surface area contributed by atoms with Crippen molar-refractivity contribution in [2.45, 2.75) is 44.0 Å². The van der Waals surface area contributed by atoms with Crippen LogP contribution in [0.1, 0.15) is 37.1 Å². The first-order valence-electron chi connectivity index (χ1n) is 12.6. The molecule has 0 spiro atoms. The van der Waals surface area contributed by atoms with Crippen LogP contribution in [0.25, 0.3) is 11.4 Å². The Kier molecular flexibility index (Phi) is 8.06. The van der Waals surface area contributed by atoms with Crippen molar-refractivity contribution in [2.24, 2.45) is 5.92 Å². The lowest BCUT2D eigenvalue weighted by Gasteiger charge is -2.30. The van der Waals surface area contributed by atoms with Crippen LogP contribution in [0.4, 0.5) is 5.69 Å². The molecule has 202 valence electrons. The minimum Gasteiger partial charge on any atom is -0.338 e. The van der Waals surface area contributed by atoms with Gasteiger partial charge in [0.15, 0.2) is 0 Å². The molecule has 2 aliphatic heterocycles. The summed E-state index contributed by atoms with van der Waals surface area (Å²) in [6, 6.07) is 10.1. The molecule has 3 heterocycles. The molecule has 2 saturated heterocycles. The third-order valence-electron chi connectivity index (χ3n) is 7.01. The van der Waals surface area contributed by atoms with Gasteiger partial charge in [-0.3, -0.25) is 9.69 Å². The highest BCUT2D eigenvalue weighted by atomic mass is 35.5. The molecule has 9 nitrogen and oxygen atoms in total. The Balaban J connectivity index is 1.23. The van der Waals surface area contributed by atoms with Crippen molar-refractivity contribution in [3.05, 3.63) is 57.9 Å². The van der Waals surface area contributed by atoms with Gasteiger partial charge in [0.05, 0.1) is 22.4 Å². The maximum absolute atomic E-state index is 13.1. The summed E-state index contributed by atoms with van der Waals surface area (Å²) in [7, 11) is -3.58. The Bertz CT molecular complexity index is 1440. The van der Waals surface area contributed by atoms with E-state index in [0.29, 0.717) is 64.8 Å². The highest BCUT2D eigenvalue weighted by Gasteiger charge is 2.30. The van der Waals surface area contributed by atoms with E-state index in [2.05, 4.69) is 20.4 Å². The molecule has 0 bridgehead atoms. The zero-order valence-corrected chi connectivity index (χ0v) is 23.3. The molecule has 12 heteroatoms. The van der Waals surface area contributed by atoms with Crippen LogP contribution in [0.15, 0.2) is 45.8 Å². The van der Waals surface area contributed by atoms with Crippen molar-refractivity contribution >= 4 is 44.8 Å². The third kappa shape index (κ3) is 5.89. The van der Waals surface area contributed by atoms with Gasteiger partial charge in [0.1, 0.15) is 0 Å². The van der Waals surface area contributed by atoms with Crippen molar-refractivity contribution in [1.29, 1.82) is 0 Å². The van der Waals surface area contributed by atoms with Crippen molar-refractivity contribution in [1.82, 2.24) is 19.3 Å². The van der Waals surface area contributed by atoms with Gasteiger partial charge in [-0.05, 0) is 75.0 Å². The molecule has 5 rings (SSSR count). The third-order valence-corrected chi connectivity index (χ3v) is 9.60. The summed E-state index contributed by atoms with van der Waals surface area (Å²) in [6.45, 7) is 4.57. The van der Waals surface area contributed by atoms with Gasteiger partial charge in [0.2, 0.25) is 27.6 Å². The van der Waals surface area contributed by atoms with E-state index in [4.69, 9.17) is 27.7 Å². The Labute approximate surface area is 232 Å². The molecule has 2 fully saturated rings. The molecule has 1 aromatic heterocycles. The molecule has 0 aliphatic carbocycles. The minimum atomic E-state index is -3.58. The number of carbonyl (C=O) groups excluding carboxylic acids is 1. The monoisotopic (exact) mass is 577 g/mol. The van der Waals surface area contributed by atoms with Crippen molar-refractivity contribution in [3.63, 3.8) is 0 Å². The Morgan fingerprint density at radius 2 is 1.89 bits per heavy atom. The fourth-order valence-corrected chi connectivity index (χ4v) is 7.23. The second-order valence-corrected chi connectivity index (χ2v) is 12.5. The summed E-state index contributed by atoms with van der Waals surface area (Å²) in [4.78, 5) is 20.0. The van der Waals surface area contributed by atoms with Gasteiger partial charge in [-0.25, -0.2) is 8.42 Å². The summed E-state index contributed by atoms with van der Waals surface area (Å²) in [5, 5.41) is 7.94. The molecule has 0 saturated carbocycles.